The molecule has 2 aromatic rings. The normalized spacial score (nSPS) is 10.8. The number of aromatic nitrogens is 4. The Labute approximate surface area is 115 Å². The van der Waals surface area contributed by atoms with Crippen molar-refractivity contribution in [3.05, 3.63) is 35.7 Å². The van der Waals surface area contributed by atoms with E-state index in [0.717, 1.165) is 0 Å². The van der Waals surface area contributed by atoms with Gasteiger partial charge in [0, 0.05) is 5.56 Å². The van der Waals surface area contributed by atoms with Crippen LogP contribution in [0.25, 0.3) is 0 Å². The van der Waals surface area contributed by atoms with Crippen LogP contribution in [0.5, 0.6) is 0 Å². The first kappa shape index (κ1) is 14.1. The van der Waals surface area contributed by atoms with Crippen LogP contribution in [0, 0.1) is 11.8 Å². The van der Waals surface area contributed by atoms with Gasteiger partial charge in [-0.2, -0.15) is 5.21 Å². The van der Waals surface area contributed by atoms with E-state index < -0.39 is 10.0 Å². The molecule has 0 bridgehead atoms. The van der Waals surface area contributed by atoms with Gasteiger partial charge < -0.3 is 5.11 Å². The van der Waals surface area contributed by atoms with Gasteiger partial charge in [-0.05, 0) is 12.1 Å². The first-order chi connectivity index (χ1) is 9.63. The van der Waals surface area contributed by atoms with Gasteiger partial charge in [0.25, 0.3) is 0 Å². The molecule has 20 heavy (non-hydrogen) atoms. The fourth-order valence-electron chi connectivity index (χ4n) is 1.43. The summed E-state index contributed by atoms with van der Waals surface area (Å²) in [5, 5.41) is 21.5. The van der Waals surface area contributed by atoms with Crippen molar-refractivity contribution in [3.8, 4) is 11.8 Å². The molecular formula is C11H11N5O3S. The molecule has 2 rings (SSSR count). The Balaban J connectivity index is 2.25. The Morgan fingerprint density at radius 1 is 1.35 bits per heavy atom. The van der Waals surface area contributed by atoms with Gasteiger partial charge in [-0.3, -0.25) is 0 Å². The minimum Gasteiger partial charge on any atom is -0.384 e. The monoisotopic (exact) mass is 293 g/mol. The first-order valence-electron chi connectivity index (χ1n) is 5.54. The highest BCUT2D eigenvalue weighted by Crippen LogP contribution is 2.14. The number of hydrogen-bond donors (Lipinski definition) is 3. The van der Waals surface area contributed by atoms with Crippen LogP contribution in [0.2, 0.25) is 0 Å². The number of hydrogen-bond acceptors (Lipinski definition) is 6. The maximum Gasteiger partial charge on any atom is 0.242 e. The number of sulfonamides is 1. The molecule has 0 atom stereocenters. The summed E-state index contributed by atoms with van der Waals surface area (Å²) >= 11 is 0. The number of aliphatic hydroxyl groups is 1. The zero-order valence-electron chi connectivity index (χ0n) is 10.2. The lowest BCUT2D eigenvalue weighted by atomic mass is 10.2. The zero-order chi connectivity index (χ0) is 14.4. The van der Waals surface area contributed by atoms with Crippen LogP contribution in [-0.4, -0.2) is 40.8 Å². The van der Waals surface area contributed by atoms with Crippen LogP contribution in [0.3, 0.4) is 0 Å². The number of nitrogens with one attached hydrogen (secondary N) is 2. The second kappa shape index (κ2) is 6.25. The molecule has 0 saturated heterocycles. The highest BCUT2D eigenvalue weighted by atomic mass is 32.2. The largest absolute Gasteiger partial charge is 0.384 e. The van der Waals surface area contributed by atoms with Crippen molar-refractivity contribution >= 4 is 10.0 Å². The third-order valence-electron chi connectivity index (χ3n) is 2.29. The standard InChI is InChI=1S/C11H11N5O3S/c17-7-3-5-9-4-1-2-6-10(9)20(18,19)12-8-11-13-15-16-14-11/h1-2,4,6,12,17H,7-8H2,(H,13,14,15,16). The molecule has 9 heteroatoms. The molecule has 0 fully saturated rings. The topological polar surface area (TPSA) is 121 Å². The smallest absolute Gasteiger partial charge is 0.242 e. The predicted molar refractivity (Wildman–Crippen MR) is 68.6 cm³/mol. The van der Waals surface area contributed by atoms with Crippen LogP contribution in [-0.2, 0) is 16.6 Å². The van der Waals surface area contributed by atoms with E-state index in [4.69, 9.17) is 5.11 Å². The van der Waals surface area contributed by atoms with Crippen LogP contribution < -0.4 is 4.72 Å². The van der Waals surface area contributed by atoms with E-state index >= 15 is 0 Å². The maximum absolute atomic E-state index is 12.2. The Morgan fingerprint density at radius 2 is 2.15 bits per heavy atom. The van der Waals surface area contributed by atoms with Gasteiger partial charge in [-0.1, -0.05) is 29.2 Å². The van der Waals surface area contributed by atoms with Crippen LogP contribution >= 0.6 is 0 Å². The maximum atomic E-state index is 12.2. The summed E-state index contributed by atoms with van der Waals surface area (Å²) in [7, 11) is -3.75. The van der Waals surface area contributed by atoms with Crippen molar-refractivity contribution in [2.45, 2.75) is 11.4 Å². The number of benzene rings is 1. The van der Waals surface area contributed by atoms with Gasteiger partial charge >= 0.3 is 0 Å². The first-order valence-corrected chi connectivity index (χ1v) is 7.02. The van der Waals surface area contributed by atoms with Crippen LogP contribution in [0.1, 0.15) is 11.4 Å². The van der Waals surface area contributed by atoms with Gasteiger partial charge in [0.15, 0.2) is 5.82 Å². The number of rotatable bonds is 4. The quantitative estimate of drug-likeness (QED) is 0.623. The van der Waals surface area contributed by atoms with Crippen molar-refractivity contribution in [1.82, 2.24) is 25.3 Å². The molecule has 1 aromatic carbocycles. The summed E-state index contributed by atoms with van der Waals surface area (Å²) in [6.07, 6.45) is 0. The lowest BCUT2D eigenvalue weighted by Gasteiger charge is -2.06. The van der Waals surface area contributed by atoms with E-state index in [2.05, 4.69) is 37.2 Å². The second-order valence-electron chi connectivity index (χ2n) is 3.61. The fourth-order valence-corrected chi connectivity index (χ4v) is 2.57. The van der Waals surface area contributed by atoms with Gasteiger partial charge in [0.1, 0.15) is 6.61 Å². The average Bonchev–Trinajstić information content (AvgIpc) is 2.97. The minimum atomic E-state index is -3.75. The Kier molecular flexibility index (Phi) is 4.41. The van der Waals surface area contributed by atoms with Gasteiger partial charge in [-0.15, -0.1) is 10.2 Å². The molecule has 3 N–H and O–H groups in total. The number of aromatic amines is 1. The molecule has 0 radical (unpaired) electrons. The summed E-state index contributed by atoms with van der Waals surface area (Å²) in [4.78, 5) is 0.0319. The number of nitrogens with zero attached hydrogens (tertiary/aromatic N) is 3. The van der Waals surface area contributed by atoms with Crippen molar-refractivity contribution in [2.24, 2.45) is 0 Å². The molecular weight excluding hydrogens is 282 g/mol. The Morgan fingerprint density at radius 3 is 2.85 bits per heavy atom. The third-order valence-corrected chi connectivity index (χ3v) is 3.75. The molecule has 0 amide bonds. The van der Waals surface area contributed by atoms with E-state index in [9.17, 15) is 8.42 Å². The highest BCUT2D eigenvalue weighted by Gasteiger charge is 2.17. The van der Waals surface area contributed by atoms with Gasteiger partial charge in [0.2, 0.25) is 10.0 Å². The number of aliphatic hydroxyl groups excluding tert-OH is 1. The SMILES string of the molecule is O=S(=O)(NCc1nn[nH]n1)c1ccccc1C#CCO. The lowest BCUT2D eigenvalue weighted by Crippen LogP contribution is -2.24. The summed E-state index contributed by atoms with van der Waals surface area (Å²) < 4.78 is 26.7. The lowest BCUT2D eigenvalue weighted by molar-refractivity contribution is 0.350. The highest BCUT2D eigenvalue weighted by molar-refractivity contribution is 7.89. The molecule has 104 valence electrons. The number of H-pyrrole nitrogens is 1. The average molecular weight is 293 g/mol. The van der Waals surface area contributed by atoms with E-state index in [-0.39, 0.29) is 23.9 Å². The Hall–Kier alpha value is -2.28. The molecule has 0 unspecified atom stereocenters. The zero-order valence-corrected chi connectivity index (χ0v) is 11.1. The van der Waals surface area contributed by atoms with E-state index in [0.29, 0.717) is 5.56 Å². The molecule has 1 aromatic heterocycles. The summed E-state index contributed by atoms with van der Waals surface area (Å²) in [6, 6.07) is 6.25. The van der Waals surface area contributed by atoms with E-state index in [1.54, 1.807) is 18.2 Å². The van der Waals surface area contributed by atoms with Crippen molar-refractivity contribution in [2.75, 3.05) is 6.61 Å². The van der Waals surface area contributed by atoms with Crippen molar-refractivity contribution < 1.29 is 13.5 Å². The van der Waals surface area contributed by atoms with E-state index in [1.807, 2.05) is 0 Å². The third kappa shape index (κ3) is 3.39. The van der Waals surface area contributed by atoms with Crippen molar-refractivity contribution in [1.29, 1.82) is 0 Å². The van der Waals surface area contributed by atoms with Crippen LogP contribution in [0.4, 0.5) is 0 Å². The van der Waals surface area contributed by atoms with Crippen LogP contribution in [0.15, 0.2) is 29.2 Å². The molecule has 0 saturated carbocycles. The summed E-state index contributed by atoms with van der Waals surface area (Å²) in [5.74, 6) is 5.24. The van der Waals surface area contributed by atoms with Crippen molar-refractivity contribution in [3.63, 3.8) is 0 Å². The fraction of sp³-hybridized carbons (Fsp3) is 0.182. The number of tetrazole rings is 1. The van der Waals surface area contributed by atoms with Gasteiger partial charge in [0.05, 0.1) is 11.4 Å². The summed E-state index contributed by atoms with van der Waals surface area (Å²) in [6.45, 7) is -0.425. The predicted octanol–water partition coefficient (Wildman–Crippen LogP) is -0.978. The Bertz CT molecular complexity index is 731. The molecule has 0 spiro atoms. The second-order valence-corrected chi connectivity index (χ2v) is 5.34. The molecule has 8 nitrogen and oxygen atoms in total. The minimum absolute atomic E-state index is 0.0319. The van der Waals surface area contributed by atoms with Gasteiger partial charge in [-0.25, -0.2) is 13.1 Å². The molecule has 0 aliphatic heterocycles. The summed E-state index contributed by atoms with van der Waals surface area (Å²) in [5.41, 5.74) is 0.308. The van der Waals surface area contributed by atoms with E-state index in [1.165, 1.54) is 6.07 Å². The molecule has 0 aliphatic carbocycles. The molecule has 1 heterocycles. The molecule has 0 aliphatic rings.